The lowest BCUT2D eigenvalue weighted by atomic mass is 9.83. The zero-order valence-electron chi connectivity index (χ0n) is 15.4. The second-order valence-corrected chi connectivity index (χ2v) is 7.28. The molecule has 8 nitrogen and oxygen atoms in total. The van der Waals surface area contributed by atoms with Gasteiger partial charge in [-0.3, -0.25) is 4.79 Å². The number of fused-ring (bicyclic) bond motifs is 1. The molecule has 0 N–H and O–H groups in total. The van der Waals surface area contributed by atoms with Gasteiger partial charge in [0.2, 0.25) is 11.8 Å². The topological polar surface area (TPSA) is 96.4 Å². The Morgan fingerprint density at radius 3 is 2.86 bits per heavy atom. The van der Waals surface area contributed by atoms with Crippen LogP contribution in [0.3, 0.4) is 0 Å². The van der Waals surface area contributed by atoms with Crippen molar-refractivity contribution in [3.05, 3.63) is 36.9 Å². The van der Waals surface area contributed by atoms with E-state index < -0.39 is 5.41 Å². The van der Waals surface area contributed by atoms with Gasteiger partial charge in [0.1, 0.15) is 5.41 Å². The van der Waals surface area contributed by atoms with Crippen LogP contribution in [0.5, 0.6) is 5.88 Å². The minimum atomic E-state index is -0.864. The number of rotatable bonds is 4. The Morgan fingerprint density at radius 2 is 2.18 bits per heavy atom. The van der Waals surface area contributed by atoms with Crippen molar-refractivity contribution in [1.82, 2.24) is 19.6 Å². The molecule has 0 spiro atoms. The molecule has 0 aromatic carbocycles. The van der Waals surface area contributed by atoms with Gasteiger partial charge in [-0.15, -0.1) is 0 Å². The van der Waals surface area contributed by atoms with E-state index in [9.17, 15) is 10.1 Å². The summed E-state index contributed by atoms with van der Waals surface area (Å²) >= 11 is 0. The van der Waals surface area contributed by atoms with Crippen molar-refractivity contribution in [2.24, 2.45) is 11.3 Å². The number of carbonyl (C=O) groups excluding carboxylic acids is 1. The molecule has 1 aliphatic carbocycles. The first-order valence-electron chi connectivity index (χ1n) is 9.23. The van der Waals surface area contributed by atoms with Crippen LogP contribution in [0.15, 0.2) is 36.9 Å². The summed E-state index contributed by atoms with van der Waals surface area (Å²) in [6.45, 7) is 0.547. The largest absolute Gasteiger partial charge is 0.480 e. The zero-order valence-corrected chi connectivity index (χ0v) is 15.4. The van der Waals surface area contributed by atoms with Crippen molar-refractivity contribution < 1.29 is 9.53 Å². The fraction of sp³-hybridized carbons (Fsp3) is 0.350. The molecule has 0 bridgehead atoms. The van der Waals surface area contributed by atoms with Crippen LogP contribution in [0.1, 0.15) is 19.3 Å². The highest BCUT2D eigenvalue weighted by Crippen LogP contribution is 2.52. The van der Waals surface area contributed by atoms with Gasteiger partial charge in [0, 0.05) is 24.5 Å². The van der Waals surface area contributed by atoms with Crippen LogP contribution in [0.2, 0.25) is 0 Å². The second kappa shape index (κ2) is 6.02. The number of amides is 1. The number of carbonyl (C=O) groups is 1. The van der Waals surface area contributed by atoms with Crippen molar-refractivity contribution in [3.63, 3.8) is 0 Å². The van der Waals surface area contributed by atoms with E-state index in [1.165, 1.54) is 0 Å². The summed E-state index contributed by atoms with van der Waals surface area (Å²) in [7, 11) is 1.54. The average molecular weight is 374 g/mol. The molecule has 3 aromatic heterocycles. The third-order valence-electron chi connectivity index (χ3n) is 5.74. The van der Waals surface area contributed by atoms with E-state index in [-0.39, 0.29) is 11.8 Å². The maximum absolute atomic E-state index is 13.2. The van der Waals surface area contributed by atoms with Gasteiger partial charge in [-0.1, -0.05) is 0 Å². The number of hydrogen-bond acceptors (Lipinski definition) is 6. The van der Waals surface area contributed by atoms with Crippen molar-refractivity contribution in [3.8, 4) is 23.2 Å². The molecular weight excluding hydrogens is 356 g/mol. The Bertz CT molecular complexity index is 1110. The number of anilines is 1. The zero-order chi connectivity index (χ0) is 19.3. The quantitative estimate of drug-likeness (QED) is 0.696. The van der Waals surface area contributed by atoms with Crippen molar-refractivity contribution >= 4 is 17.1 Å². The fourth-order valence-corrected chi connectivity index (χ4v) is 4.06. The summed E-state index contributed by atoms with van der Waals surface area (Å²) in [5.74, 6) is 0.560. The first kappa shape index (κ1) is 16.7. The molecular formula is C20H18N6O2. The van der Waals surface area contributed by atoms with E-state index in [1.54, 1.807) is 35.1 Å². The van der Waals surface area contributed by atoms with Crippen LogP contribution < -0.4 is 9.64 Å². The van der Waals surface area contributed by atoms with Crippen molar-refractivity contribution in [2.75, 3.05) is 18.6 Å². The molecule has 1 saturated carbocycles. The van der Waals surface area contributed by atoms with E-state index in [0.29, 0.717) is 24.5 Å². The van der Waals surface area contributed by atoms with Gasteiger partial charge in [-0.2, -0.15) is 10.4 Å². The highest BCUT2D eigenvalue weighted by Gasteiger charge is 2.56. The number of ether oxygens (including phenoxy) is 1. The first-order chi connectivity index (χ1) is 13.7. The number of hydrogen-bond donors (Lipinski definition) is 0. The van der Waals surface area contributed by atoms with Crippen molar-refractivity contribution in [1.29, 1.82) is 5.26 Å². The normalized spacial score (nSPS) is 21.9. The molecule has 1 amide bonds. The van der Waals surface area contributed by atoms with Crippen LogP contribution in [-0.2, 0) is 4.79 Å². The lowest BCUT2D eigenvalue weighted by molar-refractivity contribution is -0.123. The molecule has 0 unspecified atom stereocenters. The van der Waals surface area contributed by atoms with E-state index in [1.807, 2.05) is 18.3 Å². The smallest absolute Gasteiger partial charge is 0.247 e. The highest BCUT2D eigenvalue weighted by atomic mass is 16.5. The third kappa shape index (κ3) is 2.36. The van der Waals surface area contributed by atoms with E-state index >= 15 is 0 Å². The Morgan fingerprint density at radius 1 is 1.32 bits per heavy atom. The molecule has 1 atom stereocenters. The van der Waals surface area contributed by atoms with Gasteiger partial charge in [0.05, 0.1) is 42.5 Å². The average Bonchev–Trinajstić information content (AvgIpc) is 3.40. The first-order valence-corrected chi connectivity index (χ1v) is 9.23. The molecule has 5 rings (SSSR count). The molecule has 1 saturated heterocycles. The number of methoxy groups -OCH3 is 1. The predicted octanol–water partition coefficient (Wildman–Crippen LogP) is 2.46. The van der Waals surface area contributed by atoms with Crippen molar-refractivity contribution in [2.45, 2.75) is 19.3 Å². The molecule has 28 heavy (non-hydrogen) atoms. The van der Waals surface area contributed by atoms with Gasteiger partial charge < -0.3 is 9.64 Å². The van der Waals surface area contributed by atoms with Gasteiger partial charge >= 0.3 is 0 Å². The minimum Gasteiger partial charge on any atom is -0.480 e. The van der Waals surface area contributed by atoms with Gasteiger partial charge in [-0.25, -0.2) is 14.5 Å². The minimum absolute atomic E-state index is 0.0856. The standard InChI is InChI=1S/C20H18N6O2/c1-28-18-10-22-15(9-23-18)13-8-17-16(4-6-24-26(17)11-13)25-7-5-20(12-21,19(25)27)14-2-3-14/h4,6,8-11,14H,2-3,5,7H2,1H3/t20-/m1/s1. The maximum Gasteiger partial charge on any atom is 0.247 e. The van der Waals surface area contributed by atoms with Crippen LogP contribution in [0.25, 0.3) is 16.8 Å². The van der Waals surface area contributed by atoms with E-state index in [0.717, 1.165) is 29.6 Å². The highest BCUT2D eigenvalue weighted by molar-refractivity contribution is 6.05. The lowest BCUT2D eigenvalue weighted by Gasteiger charge is -2.21. The SMILES string of the molecule is COc1cnc(-c2cc3c(N4CC[C@@](C#N)(C5CC5)C4=O)ccnn3c2)cn1. The Kier molecular flexibility index (Phi) is 3.59. The molecule has 1 aliphatic heterocycles. The molecule has 4 heterocycles. The summed E-state index contributed by atoms with van der Waals surface area (Å²) in [5, 5.41) is 14.1. The Balaban J connectivity index is 1.55. The molecule has 0 radical (unpaired) electrons. The summed E-state index contributed by atoms with van der Waals surface area (Å²) in [6.07, 6.45) is 9.24. The van der Waals surface area contributed by atoms with Crippen LogP contribution in [-0.4, -0.2) is 39.1 Å². The Labute approximate surface area is 161 Å². The molecule has 2 fully saturated rings. The van der Waals surface area contributed by atoms with Crippen LogP contribution in [0.4, 0.5) is 5.69 Å². The fourth-order valence-electron chi connectivity index (χ4n) is 4.06. The number of aromatic nitrogens is 4. The summed E-state index contributed by atoms with van der Waals surface area (Å²) in [4.78, 5) is 23.5. The second-order valence-electron chi connectivity index (χ2n) is 7.28. The van der Waals surface area contributed by atoms with Crippen LogP contribution in [0, 0.1) is 22.7 Å². The van der Waals surface area contributed by atoms with E-state index in [2.05, 4.69) is 21.1 Å². The molecule has 140 valence electrons. The summed E-state index contributed by atoms with van der Waals surface area (Å²) < 4.78 is 6.78. The molecule has 2 aliphatic rings. The monoisotopic (exact) mass is 374 g/mol. The Hall–Kier alpha value is -3.47. The van der Waals surface area contributed by atoms with E-state index in [4.69, 9.17) is 4.74 Å². The number of nitrogens with zero attached hydrogens (tertiary/aromatic N) is 6. The van der Waals surface area contributed by atoms with Crippen LogP contribution >= 0.6 is 0 Å². The lowest BCUT2D eigenvalue weighted by Crippen LogP contribution is -2.35. The molecule has 3 aromatic rings. The molecule has 8 heteroatoms. The van der Waals surface area contributed by atoms with Gasteiger partial charge in [-0.05, 0) is 37.3 Å². The summed E-state index contributed by atoms with van der Waals surface area (Å²) in [5.41, 5.74) is 2.24. The maximum atomic E-state index is 13.2. The summed E-state index contributed by atoms with van der Waals surface area (Å²) in [6, 6.07) is 6.11. The predicted molar refractivity (Wildman–Crippen MR) is 101 cm³/mol. The van der Waals surface area contributed by atoms with Gasteiger partial charge in [0.15, 0.2) is 0 Å². The third-order valence-corrected chi connectivity index (χ3v) is 5.74. The number of nitriles is 1. The van der Waals surface area contributed by atoms with Gasteiger partial charge in [0.25, 0.3) is 0 Å².